The van der Waals surface area contributed by atoms with Crippen molar-refractivity contribution in [2.45, 2.75) is 51.0 Å². The molecule has 0 radical (unpaired) electrons. The third-order valence-electron chi connectivity index (χ3n) is 3.66. The van der Waals surface area contributed by atoms with Crippen LogP contribution in [0.4, 0.5) is 0 Å². The summed E-state index contributed by atoms with van der Waals surface area (Å²) in [6.07, 6.45) is 5.16. The van der Waals surface area contributed by atoms with Crippen LogP contribution in [0.1, 0.15) is 45.4 Å². The molecular weight excluding hydrogens is 248 g/mol. The third kappa shape index (κ3) is 3.92. The molecule has 0 aromatic carbocycles. The molecule has 1 amide bonds. The lowest BCUT2D eigenvalue weighted by Crippen LogP contribution is -2.46. The smallest absolute Gasteiger partial charge is 0.232 e. The van der Waals surface area contributed by atoms with Gasteiger partial charge in [-0.2, -0.15) is 0 Å². The van der Waals surface area contributed by atoms with E-state index in [0.29, 0.717) is 13.0 Å². The van der Waals surface area contributed by atoms with Gasteiger partial charge in [0.2, 0.25) is 5.91 Å². The highest BCUT2D eigenvalue weighted by atomic mass is 32.1. The Bertz CT molecular complexity index is 314. The molecule has 4 nitrogen and oxygen atoms in total. The van der Waals surface area contributed by atoms with Crippen LogP contribution in [0.5, 0.6) is 0 Å². The first-order chi connectivity index (χ1) is 8.39. The summed E-state index contributed by atoms with van der Waals surface area (Å²) >= 11 is 4.96. The quantitative estimate of drug-likeness (QED) is 0.718. The molecule has 1 unspecified atom stereocenters. The van der Waals surface area contributed by atoms with Crippen molar-refractivity contribution < 1.29 is 9.90 Å². The molecule has 0 heterocycles. The highest BCUT2D eigenvalue weighted by Gasteiger charge is 2.35. The van der Waals surface area contributed by atoms with Crippen LogP contribution in [-0.2, 0) is 4.79 Å². The topological polar surface area (TPSA) is 66.6 Å². The maximum atomic E-state index is 12.3. The Labute approximate surface area is 115 Å². The monoisotopic (exact) mass is 272 g/mol. The van der Waals surface area contributed by atoms with Crippen molar-refractivity contribution in [2.75, 3.05) is 13.6 Å². The third-order valence-corrected chi connectivity index (χ3v) is 3.95. The molecule has 1 aliphatic rings. The SMILES string of the molecule is CCCC(C(=O)N(C)CC1(O)CCCC1)C(N)=S. The number of amides is 1. The number of aliphatic hydroxyl groups is 1. The maximum absolute atomic E-state index is 12.3. The fourth-order valence-corrected chi connectivity index (χ4v) is 2.87. The Balaban J connectivity index is 2.61. The number of hydrogen-bond donors (Lipinski definition) is 2. The Morgan fingerprint density at radius 1 is 1.50 bits per heavy atom. The van der Waals surface area contributed by atoms with Gasteiger partial charge in [0.05, 0.1) is 16.5 Å². The van der Waals surface area contributed by atoms with Gasteiger partial charge >= 0.3 is 0 Å². The van der Waals surface area contributed by atoms with Gasteiger partial charge in [-0.05, 0) is 19.3 Å². The lowest BCUT2D eigenvalue weighted by molar-refractivity contribution is -0.135. The Kier molecular flexibility index (Phi) is 5.53. The molecule has 0 spiro atoms. The number of rotatable bonds is 6. The molecule has 1 fully saturated rings. The molecule has 5 heteroatoms. The van der Waals surface area contributed by atoms with E-state index in [2.05, 4.69) is 0 Å². The molecular formula is C13H24N2O2S. The van der Waals surface area contributed by atoms with Gasteiger partial charge in [0, 0.05) is 13.6 Å². The number of nitrogens with zero attached hydrogens (tertiary/aromatic N) is 1. The van der Waals surface area contributed by atoms with E-state index >= 15 is 0 Å². The number of hydrogen-bond acceptors (Lipinski definition) is 3. The molecule has 18 heavy (non-hydrogen) atoms. The highest BCUT2D eigenvalue weighted by Crippen LogP contribution is 2.30. The molecule has 0 saturated heterocycles. The molecule has 0 aromatic heterocycles. The number of nitrogens with two attached hydrogens (primary N) is 1. The van der Waals surface area contributed by atoms with Gasteiger partial charge in [-0.25, -0.2) is 0 Å². The van der Waals surface area contributed by atoms with Gasteiger partial charge in [0.15, 0.2) is 0 Å². The molecule has 1 saturated carbocycles. The molecule has 1 atom stereocenters. The minimum atomic E-state index is -0.711. The Hall–Kier alpha value is -0.680. The maximum Gasteiger partial charge on any atom is 0.232 e. The van der Waals surface area contributed by atoms with Crippen molar-refractivity contribution in [1.82, 2.24) is 4.90 Å². The summed E-state index contributed by atoms with van der Waals surface area (Å²) in [5.74, 6) is -0.454. The van der Waals surface area contributed by atoms with Crippen LogP contribution in [0.15, 0.2) is 0 Å². The van der Waals surface area contributed by atoms with E-state index in [-0.39, 0.29) is 16.8 Å². The first-order valence-electron chi connectivity index (χ1n) is 6.66. The summed E-state index contributed by atoms with van der Waals surface area (Å²) in [5.41, 5.74) is 4.91. The van der Waals surface area contributed by atoms with Gasteiger partial charge in [-0.3, -0.25) is 4.79 Å². The zero-order valence-electron chi connectivity index (χ0n) is 11.3. The summed E-state index contributed by atoms with van der Waals surface area (Å²) in [5, 5.41) is 10.3. The van der Waals surface area contributed by atoms with E-state index in [1.54, 1.807) is 11.9 Å². The fraction of sp³-hybridized carbons (Fsp3) is 0.846. The van der Waals surface area contributed by atoms with E-state index in [9.17, 15) is 9.90 Å². The number of carbonyl (C=O) groups excluding carboxylic acids is 1. The van der Waals surface area contributed by atoms with Crippen molar-refractivity contribution in [1.29, 1.82) is 0 Å². The zero-order chi connectivity index (χ0) is 13.8. The minimum absolute atomic E-state index is 0.0651. The summed E-state index contributed by atoms with van der Waals surface area (Å²) in [7, 11) is 1.72. The molecule has 0 aromatic rings. The second-order valence-electron chi connectivity index (χ2n) is 5.37. The first kappa shape index (κ1) is 15.4. The predicted octanol–water partition coefficient (Wildman–Crippen LogP) is 1.45. The van der Waals surface area contributed by atoms with Gasteiger partial charge in [0.25, 0.3) is 0 Å². The van der Waals surface area contributed by atoms with Crippen molar-refractivity contribution in [3.05, 3.63) is 0 Å². The average molecular weight is 272 g/mol. The van der Waals surface area contributed by atoms with E-state index in [1.807, 2.05) is 6.92 Å². The lowest BCUT2D eigenvalue weighted by Gasteiger charge is -2.30. The first-order valence-corrected chi connectivity index (χ1v) is 7.07. The van der Waals surface area contributed by atoms with Crippen LogP contribution in [0.2, 0.25) is 0 Å². The normalized spacial score (nSPS) is 19.5. The zero-order valence-corrected chi connectivity index (χ0v) is 12.1. The summed E-state index contributed by atoms with van der Waals surface area (Å²) in [6, 6.07) is 0. The summed E-state index contributed by atoms with van der Waals surface area (Å²) in [4.78, 5) is 14.1. The van der Waals surface area contributed by atoms with Crippen LogP contribution in [0, 0.1) is 5.92 Å². The standard InChI is InChI=1S/C13H24N2O2S/c1-3-6-10(11(14)18)12(16)15(2)9-13(17)7-4-5-8-13/h10,17H,3-9H2,1-2H3,(H2,14,18). The van der Waals surface area contributed by atoms with Gasteiger partial charge in [-0.1, -0.05) is 38.4 Å². The average Bonchev–Trinajstić information content (AvgIpc) is 2.71. The van der Waals surface area contributed by atoms with Crippen molar-refractivity contribution in [2.24, 2.45) is 11.7 Å². The molecule has 3 N–H and O–H groups in total. The van der Waals surface area contributed by atoms with Crippen LogP contribution >= 0.6 is 12.2 Å². The molecule has 104 valence electrons. The summed E-state index contributed by atoms with van der Waals surface area (Å²) < 4.78 is 0. The highest BCUT2D eigenvalue weighted by molar-refractivity contribution is 7.80. The molecule has 0 aliphatic heterocycles. The van der Waals surface area contributed by atoms with Gasteiger partial charge in [-0.15, -0.1) is 0 Å². The predicted molar refractivity (Wildman–Crippen MR) is 76.2 cm³/mol. The van der Waals surface area contributed by atoms with Crippen LogP contribution < -0.4 is 5.73 Å². The van der Waals surface area contributed by atoms with Crippen LogP contribution in [0.3, 0.4) is 0 Å². The van der Waals surface area contributed by atoms with Crippen molar-refractivity contribution in [3.8, 4) is 0 Å². The van der Waals surface area contributed by atoms with Crippen LogP contribution in [0.25, 0.3) is 0 Å². The van der Waals surface area contributed by atoms with E-state index in [1.165, 1.54) is 0 Å². The van der Waals surface area contributed by atoms with E-state index < -0.39 is 5.60 Å². The van der Waals surface area contributed by atoms with E-state index in [0.717, 1.165) is 32.1 Å². The van der Waals surface area contributed by atoms with Gasteiger partial charge < -0.3 is 15.7 Å². The molecule has 0 bridgehead atoms. The van der Waals surface area contributed by atoms with Gasteiger partial charge in [0.1, 0.15) is 0 Å². The second-order valence-corrected chi connectivity index (χ2v) is 5.84. The van der Waals surface area contributed by atoms with Crippen LogP contribution in [-0.4, -0.2) is 40.1 Å². The largest absolute Gasteiger partial charge is 0.393 e. The van der Waals surface area contributed by atoms with E-state index in [4.69, 9.17) is 18.0 Å². The number of thiocarbonyl (C=S) groups is 1. The second kappa shape index (κ2) is 6.48. The molecule has 1 aliphatic carbocycles. The fourth-order valence-electron chi connectivity index (χ4n) is 2.65. The number of likely N-dealkylation sites (N-methyl/N-ethyl adjacent to an activating group) is 1. The minimum Gasteiger partial charge on any atom is -0.393 e. The summed E-state index contributed by atoms with van der Waals surface area (Å²) in [6.45, 7) is 2.39. The number of carbonyl (C=O) groups is 1. The molecule has 1 rings (SSSR count). The van der Waals surface area contributed by atoms with Crippen molar-refractivity contribution in [3.63, 3.8) is 0 Å². The Morgan fingerprint density at radius 2 is 2.06 bits per heavy atom. The lowest BCUT2D eigenvalue weighted by atomic mass is 9.99. The van der Waals surface area contributed by atoms with Crippen molar-refractivity contribution >= 4 is 23.1 Å². The Morgan fingerprint density at radius 3 is 2.50 bits per heavy atom.